The van der Waals surface area contributed by atoms with E-state index in [2.05, 4.69) is 10.1 Å². The van der Waals surface area contributed by atoms with Crippen molar-refractivity contribution in [3.8, 4) is 0 Å². The summed E-state index contributed by atoms with van der Waals surface area (Å²) in [5.74, 6) is 2.56. The maximum Gasteiger partial charge on any atom is 0.231 e. The van der Waals surface area contributed by atoms with Crippen molar-refractivity contribution in [3.63, 3.8) is 0 Å². The topological polar surface area (TPSA) is 64.9 Å². The molecule has 88 valence electrons. The second-order valence-corrected chi connectivity index (χ2v) is 5.17. The fraction of sp³-hybridized carbons (Fsp3) is 0.833. The summed E-state index contributed by atoms with van der Waals surface area (Å²) in [4.78, 5) is 4.55. The third kappa shape index (κ3) is 1.75. The van der Waals surface area contributed by atoms with Gasteiger partial charge >= 0.3 is 0 Å². The lowest BCUT2D eigenvalue weighted by molar-refractivity contribution is 0.286. The molecule has 0 aromatic carbocycles. The molecule has 1 heterocycles. The van der Waals surface area contributed by atoms with Gasteiger partial charge in [-0.25, -0.2) is 0 Å². The quantitative estimate of drug-likeness (QED) is 0.832. The van der Waals surface area contributed by atoms with Crippen LogP contribution in [0.2, 0.25) is 0 Å². The molecule has 0 amide bonds. The average molecular weight is 221 g/mol. The number of nitrogens with two attached hydrogens (primary N) is 1. The molecule has 4 nitrogen and oxygen atoms in total. The summed E-state index contributed by atoms with van der Waals surface area (Å²) in [6.07, 6.45) is 8.41. The van der Waals surface area contributed by atoms with Gasteiger partial charge in [0.1, 0.15) is 0 Å². The summed E-state index contributed by atoms with van der Waals surface area (Å²) >= 11 is 0. The van der Waals surface area contributed by atoms with Gasteiger partial charge in [-0.05, 0) is 25.7 Å². The Morgan fingerprint density at radius 2 is 1.88 bits per heavy atom. The van der Waals surface area contributed by atoms with Crippen LogP contribution in [0.25, 0.3) is 0 Å². The van der Waals surface area contributed by atoms with Crippen LogP contribution in [0.3, 0.4) is 0 Å². The summed E-state index contributed by atoms with van der Waals surface area (Å²) in [7, 11) is 0. The van der Waals surface area contributed by atoms with E-state index in [4.69, 9.17) is 10.3 Å². The molecule has 0 radical (unpaired) electrons. The van der Waals surface area contributed by atoms with Crippen LogP contribution in [0.4, 0.5) is 0 Å². The number of hydrogen-bond donors (Lipinski definition) is 1. The molecule has 2 N–H and O–H groups in total. The van der Waals surface area contributed by atoms with Gasteiger partial charge in [0.25, 0.3) is 0 Å². The standard InChI is InChI=1S/C12H19N3O/c13-10-7-2-1-6-9(10)12-14-11(15-16-12)8-4-3-5-8/h8-10H,1-7,13H2. The molecule has 16 heavy (non-hydrogen) atoms. The van der Waals surface area contributed by atoms with Gasteiger partial charge in [-0.2, -0.15) is 4.98 Å². The molecule has 2 aliphatic carbocycles. The van der Waals surface area contributed by atoms with E-state index in [1.165, 1.54) is 32.1 Å². The van der Waals surface area contributed by atoms with Gasteiger partial charge in [-0.1, -0.05) is 24.4 Å². The maximum absolute atomic E-state index is 6.12. The molecular weight excluding hydrogens is 202 g/mol. The molecule has 3 rings (SSSR count). The highest BCUT2D eigenvalue weighted by molar-refractivity contribution is 5.05. The SMILES string of the molecule is NC1CCCCC1c1nc(C2CCC2)no1. The highest BCUT2D eigenvalue weighted by Crippen LogP contribution is 2.36. The minimum Gasteiger partial charge on any atom is -0.339 e. The predicted octanol–water partition coefficient (Wildman–Crippen LogP) is 2.32. The summed E-state index contributed by atoms with van der Waals surface area (Å²) in [5.41, 5.74) is 6.12. The third-order valence-electron chi connectivity index (χ3n) is 4.06. The van der Waals surface area contributed by atoms with Crippen LogP contribution in [0, 0.1) is 0 Å². The first kappa shape index (κ1) is 10.3. The van der Waals surface area contributed by atoms with Crippen molar-refractivity contribution in [1.29, 1.82) is 0 Å². The van der Waals surface area contributed by atoms with E-state index in [9.17, 15) is 0 Å². The minimum absolute atomic E-state index is 0.212. The Labute approximate surface area is 95.6 Å². The van der Waals surface area contributed by atoms with Crippen LogP contribution >= 0.6 is 0 Å². The Balaban J connectivity index is 1.75. The van der Waals surface area contributed by atoms with Crippen LogP contribution in [0.15, 0.2) is 4.52 Å². The summed E-state index contributed by atoms with van der Waals surface area (Å²) < 4.78 is 5.39. The van der Waals surface area contributed by atoms with E-state index in [-0.39, 0.29) is 6.04 Å². The molecule has 4 heteroatoms. The van der Waals surface area contributed by atoms with Gasteiger partial charge in [-0.15, -0.1) is 0 Å². The molecule has 0 aliphatic heterocycles. The molecule has 0 saturated heterocycles. The van der Waals surface area contributed by atoms with Gasteiger partial charge in [0.05, 0.1) is 5.92 Å². The van der Waals surface area contributed by atoms with E-state index in [1.54, 1.807) is 0 Å². The average Bonchev–Trinajstić information content (AvgIpc) is 2.65. The van der Waals surface area contributed by atoms with Crippen LogP contribution < -0.4 is 5.73 Å². The van der Waals surface area contributed by atoms with Crippen molar-refractivity contribution in [1.82, 2.24) is 10.1 Å². The lowest BCUT2D eigenvalue weighted by Gasteiger charge is -2.25. The van der Waals surface area contributed by atoms with E-state index in [0.717, 1.165) is 24.6 Å². The van der Waals surface area contributed by atoms with Crippen LogP contribution in [0.1, 0.15) is 68.5 Å². The van der Waals surface area contributed by atoms with E-state index in [1.807, 2.05) is 0 Å². The van der Waals surface area contributed by atoms with Crippen LogP contribution in [-0.4, -0.2) is 16.2 Å². The highest BCUT2D eigenvalue weighted by Gasteiger charge is 2.30. The first-order chi connectivity index (χ1) is 7.84. The molecular formula is C12H19N3O. The fourth-order valence-corrected chi connectivity index (χ4v) is 2.70. The van der Waals surface area contributed by atoms with E-state index in [0.29, 0.717) is 11.8 Å². The number of aromatic nitrogens is 2. The zero-order valence-electron chi connectivity index (χ0n) is 9.56. The number of rotatable bonds is 2. The lowest BCUT2D eigenvalue weighted by atomic mass is 9.84. The summed E-state index contributed by atoms with van der Waals surface area (Å²) in [6, 6.07) is 0.212. The molecule has 0 bridgehead atoms. The number of hydrogen-bond acceptors (Lipinski definition) is 4. The smallest absolute Gasteiger partial charge is 0.231 e. The fourth-order valence-electron chi connectivity index (χ4n) is 2.70. The minimum atomic E-state index is 0.212. The Bertz CT molecular complexity index is 359. The number of nitrogens with zero attached hydrogens (tertiary/aromatic N) is 2. The normalized spacial score (nSPS) is 31.3. The highest BCUT2D eigenvalue weighted by atomic mass is 16.5. The van der Waals surface area contributed by atoms with Gasteiger partial charge < -0.3 is 10.3 Å². The summed E-state index contributed by atoms with van der Waals surface area (Å²) in [5, 5.41) is 4.11. The van der Waals surface area contributed by atoms with Crippen molar-refractivity contribution >= 4 is 0 Å². The van der Waals surface area contributed by atoms with Gasteiger partial charge in [-0.3, -0.25) is 0 Å². The second kappa shape index (κ2) is 4.17. The zero-order valence-corrected chi connectivity index (χ0v) is 9.56. The Kier molecular flexibility index (Phi) is 2.67. The van der Waals surface area contributed by atoms with Gasteiger partial charge in [0.2, 0.25) is 5.89 Å². The monoisotopic (exact) mass is 221 g/mol. The largest absolute Gasteiger partial charge is 0.339 e. The zero-order chi connectivity index (χ0) is 11.0. The Morgan fingerprint density at radius 1 is 1.06 bits per heavy atom. The van der Waals surface area contributed by atoms with Crippen molar-refractivity contribution in [2.75, 3.05) is 0 Å². The van der Waals surface area contributed by atoms with Crippen molar-refractivity contribution in [3.05, 3.63) is 11.7 Å². The third-order valence-corrected chi connectivity index (χ3v) is 4.06. The van der Waals surface area contributed by atoms with Crippen LogP contribution in [0.5, 0.6) is 0 Å². The first-order valence-corrected chi connectivity index (χ1v) is 6.43. The Morgan fingerprint density at radius 3 is 2.56 bits per heavy atom. The maximum atomic E-state index is 6.12. The second-order valence-electron chi connectivity index (χ2n) is 5.17. The molecule has 2 unspecified atom stereocenters. The molecule has 0 spiro atoms. The van der Waals surface area contributed by atoms with E-state index < -0.39 is 0 Å². The van der Waals surface area contributed by atoms with Crippen molar-refractivity contribution in [2.24, 2.45) is 5.73 Å². The Hall–Kier alpha value is -0.900. The molecule has 1 aromatic rings. The molecule has 1 aromatic heterocycles. The molecule has 2 fully saturated rings. The van der Waals surface area contributed by atoms with Gasteiger partial charge in [0.15, 0.2) is 5.82 Å². The van der Waals surface area contributed by atoms with E-state index >= 15 is 0 Å². The van der Waals surface area contributed by atoms with Crippen molar-refractivity contribution < 1.29 is 4.52 Å². The van der Waals surface area contributed by atoms with Crippen LogP contribution in [-0.2, 0) is 0 Å². The van der Waals surface area contributed by atoms with Gasteiger partial charge in [0, 0.05) is 12.0 Å². The first-order valence-electron chi connectivity index (χ1n) is 6.43. The summed E-state index contributed by atoms with van der Waals surface area (Å²) in [6.45, 7) is 0. The van der Waals surface area contributed by atoms with Crippen molar-refractivity contribution in [2.45, 2.75) is 62.8 Å². The molecule has 2 atom stereocenters. The molecule has 2 saturated carbocycles. The lowest BCUT2D eigenvalue weighted by Crippen LogP contribution is -2.31. The predicted molar refractivity (Wildman–Crippen MR) is 60.1 cm³/mol. The molecule has 2 aliphatic rings.